The van der Waals surface area contributed by atoms with Gasteiger partial charge in [-0.3, -0.25) is 4.79 Å². The molecule has 1 aromatic carbocycles. The molecule has 0 aliphatic carbocycles. The lowest BCUT2D eigenvalue weighted by atomic mass is 10.1. The Hall–Kier alpha value is -2.51. The topological polar surface area (TPSA) is 71.3 Å². The molecule has 6 nitrogen and oxygen atoms in total. The first-order chi connectivity index (χ1) is 13.0. The van der Waals surface area contributed by atoms with Gasteiger partial charge < -0.3 is 14.6 Å². The van der Waals surface area contributed by atoms with E-state index in [1.165, 1.54) is 11.1 Å². The van der Waals surface area contributed by atoms with Gasteiger partial charge in [-0.25, -0.2) is 0 Å². The molecular formula is C20H24N4O2S. The maximum Gasteiger partial charge on any atom is 0.247 e. The number of likely N-dealkylation sites (N-methyl/N-ethyl adjacent to an activating group) is 1. The van der Waals surface area contributed by atoms with Crippen molar-refractivity contribution in [2.24, 2.45) is 0 Å². The fraction of sp³-hybridized carbons (Fsp3) is 0.350. The second-order valence-corrected chi connectivity index (χ2v) is 7.49. The van der Waals surface area contributed by atoms with E-state index >= 15 is 0 Å². The van der Waals surface area contributed by atoms with E-state index < -0.39 is 0 Å². The van der Waals surface area contributed by atoms with E-state index in [0.29, 0.717) is 31.2 Å². The van der Waals surface area contributed by atoms with Crippen molar-refractivity contribution < 1.29 is 9.21 Å². The Kier molecular flexibility index (Phi) is 6.36. The summed E-state index contributed by atoms with van der Waals surface area (Å²) in [6.45, 7) is 2.60. The van der Waals surface area contributed by atoms with Gasteiger partial charge in [-0.05, 0) is 55.5 Å². The number of carbonyl (C=O) groups excluding carboxylic acids is 1. The van der Waals surface area contributed by atoms with E-state index in [1.54, 1.807) is 11.3 Å². The van der Waals surface area contributed by atoms with Gasteiger partial charge in [0.05, 0.1) is 6.04 Å². The third-order valence-electron chi connectivity index (χ3n) is 4.38. The molecule has 1 unspecified atom stereocenters. The zero-order valence-corrected chi connectivity index (χ0v) is 16.6. The van der Waals surface area contributed by atoms with Crippen molar-refractivity contribution in [1.82, 2.24) is 20.4 Å². The Morgan fingerprint density at radius 1 is 1.22 bits per heavy atom. The average molecular weight is 385 g/mol. The van der Waals surface area contributed by atoms with Gasteiger partial charge in [-0.1, -0.05) is 17.7 Å². The van der Waals surface area contributed by atoms with Crippen LogP contribution < -0.4 is 5.32 Å². The average Bonchev–Trinajstić information content (AvgIpc) is 3.33. The predicted octanol–water partition coefficient (Wildman–Crippen LogP) is 3.46. The normalized spacial score (nSPS) is 12.3. The molecule has 142 valence electrons. The molecule has 1 N–H and O–H groups in total. The van der Waals surface area contributed by atoms with Crippen LogP contribution in [0.3, 0.4) is 0 Å². The molecule has 0 saturated heterocycles. The lowest BCUT2D eigenvalue weighted by molar-refractivity contribution is -0.121. The zero-order valence-electron chi connectivity index (χ0n) is 15.8. The first-order valence-electron chi connectivity index (χ1n) is 8.87. The van der Waals surface area contributed by atoms with Gasteiger partial charge in [0.2, 0.25) is 17.7 Å². The first-order valence-corrected chi connectivity index (χ1v) is 9.82. The maximum absolute atomic E-state index is 12.2. The highest BCUT2D eigenvalue weighted by Crippen LogP contribution is 2.20. The third kappa shape index (κ3) is 5.24. The lowest BCUT2D eigenvalue weighted by Gasteiger charge is -2.23. The number of nitrogens with zero attached hydrogens (tertiary/aromatic N) is 3. The van der Waals surface area contributed by atoms with Crippen LogP contribution in [0.5, 0.6) is 0 Å². The highest BCUT2D eigenvalue weighted by Gasteiger charge is 2.16. The quantitative estimate of drug-likeness (QED) is 0.644. The van der Waals surface area contributed by atoms with Crippen molar-refractivity contribution in [2.45, 2.75) is 25.8 Å². The summed E-state index contributed by atoms with van der Waals surface area (Å²) in [6, 6.07) is 10.2. The number of thiophene rings is 1. The number of benzene rings is 1. The molecule has 1 atom stereocenters. The van der Waals surface area contributed by atoms with E-state index in [9.17, 15) is 4.79 Å². The van der Waals surface area contributed by atoms with Crippen LogP contribution in [-0.2, 0) is 11.2 Å². The Bertz CT molecular complexity index is 857. The van der Waals surface area contributed by atoms with Crippen molar-refractivity contribution in [3.05, 3.63) is 58.1 Å². The Morgan fingerprint density at radius 3 is 2.67 bits per heavy atom. The molecule has 0 radical (unpaired) electrons. The van der Waals surface area contributed by atoms with E-state index in [4.69, 9.17) is 4.42 Å². The minimum Gasteiger partial charge on any atom is -0.421 e. The standard InChI is InChI=1S/C20H24N4O2S/c1-14-4-6-15(7-5-14)20-23-22-19(26-20)9-8-18(25)21-12-17(24(2)3)16-10-11-27-13-16/h4-7,10-11,13,17H,8-9,12H2,1-3H3,(H,21,25). The summed E-state index contributed by atoms with van der Waals surface area (Å²) in [7, 11) is 4.03. The summed E-state index contributed by atoms with van der Waals surface area (Å²) in [6.07, 6.45) is 0.745. The van der Waals surface area contributed by atoms with Crippen LogP contribution in [0.15, 0.2) is 45.5 Å². The smallest absolute Gasteiger partial charge is 0.247 e. The van der Waals surface area contributed by atoms with Crippen molar-refractivity contribution in [3.63, 3.8) is 0 Å². The van der Waals surface area contributed by atoms with Crippen LogP contribution in [0.4, 0.5) is 0 Å². The van der Waals surface area contributed by atoms with Gasteiger partial charge in [-0.15, -0.1) is 10.2 Å². The van der Waals surface area contributed by atoms with Crippen molar-refractivity contribution in [3.8, 4) is 11.5 Å². The van der Waals surface area contributed by atoms with E-state index in [1.807, 2.05) is 45.3 Å². The molecule has 2 heterocycles. The minimum atomic E-state index is -0.0211. The monoisotopic (exact) mass is 384 g/mol. The summed E-state index contributed by atoms with van der Waals surface area (Å²) >= 11 is 1.66. The molecule has 1 amide bonds. The van der Waals surface area contributed by atoms with Gasteiger partial charge in [0, 0.05) is 24.9 Å². The largest absolute Gasteiger partial charge is 0.421 e. The van der Waals surface area contributed by atoms with Crippen LogP contribution in [0.25, 0.3) is 11.5 Å². The van der Waals surface area contributed by atoms with Crippen LogP contribution in [-0.4, -0.2) is 41.6 Å². The van der Waals surface area contributed by atoms with Crippen molar-refractivity contribution in [1.29, 1.82) is 0 Å². The predicted molar refractivity (Wildman–Crippen MR) is 107 cm³/mol. The van der Waals surface area contributed by atoms with Crippen molar-refractivity contribution in [2.75, 3.05) is 20.6 Å². The maximum atomic E-state index is 12.2. The first kappa shape index (κ1) is 19.3. The summed E-state index contributed by atoms with van der Waals surface area (Å²) in [4.78, 5) is 14.3. The highest BCUT2D eigenvalue weighted by atomic mass is 32.1. The molecule has 3 aromatic rings. The van der Waals surface area contributed by atoms with Crippen LogP contribution in [0, 0.1) is 6.92 Å². The molecule has 0 aliphatic heterocycles. The van der Waals surface area contributed by atoms with Gasteiger partial charge in [-0.2, -0.15) is 11.3 Å². The molecule has 7 heteroatoms. The van der Waals surface area contributed by atoms with Gasteiger partial charge >= 0.3 is 0 Å². The van der Waals surface area contributed by atoms with E-state index in [0.717, 1.165) is 5.56 Å². The number of carbonyl (C=O) groups is 1. The van der Waals surface area contributed by atoms with Crippen molar-refractivity contribution >= 4 is 17.2 Å². The van der Waals surface area contributed by atoms with Gasteiger partial charge in [0.15, 0.2) is 0 Å². The fourth-order valence-electron chi connectivity index (χ4n) is 2.75. The molecule has 0 bridgehead atoms. The number of hydrogen-bond donors (Lipinski definition) is 1. The number of aryl methyl sites for hydroxylation is 2. The molecular weight excluding hydrogens is 360 g/mol. The third-order valence-corrected chi connectivity index (χ3v) is 5.08. The number of aromatic nitrogens is 2. The number of hydrogen-bond acceptors (Lipinski definition) is 6. The highest BCUT2D eigenvalue weighted by molar-refractivity contribution is 7.07. The number of amides is 1. The van der Waals surface area contributed by atoms with Gasteiger partial charge in [0.25, 0.3) is 0 Å². The Balaban J connectivity index is 1.50. The van der Waals surface area contributed by atoms with Crippen LogP contribution >= 0.6 is 11.3 Å². The molecule has 3 rings (SSSR count). The summed E-state index contributed by atoms with van der Waals surface area (Å²) < 4.78 is 5.67. The fourth-order valence-corrected chi connectivity index (χ4v) is 3.46. The molecule has 0 aliphatic rings. The second kappa shape index (κ2) is 8.92. The molecule has 0 fully saturated rings. The molecule has 27 heavy (non-hydrogen) atoms. The number of rotatable bonds is 8. The SMILES string of the molecule is Cc1ccc(-c2nnc(CCC(=O)NCC(c3ccsc3)N(C)C)o2)cc1. The Labute approximate surface area is 163 Å². The molecule has 2 aromatic heterocycles. The summed E-state index contributed by atoms with van der Waals surface area (Å²) in [5.74, 6) is 0.936. The van der Waals surface area contributed by atoms with Crippen LogP contribution in [0.1, 0.15) is 29.5 Å². The molecule has 0 saturated carbocycles. The zero-order chi connectivity index (χ0) is 19.2. The summed E-state index contributed by atoms with van der Waals surface area (Å²) in [5.41, 5.74) is 3.27. The lowest BCUT2D eigenvalue weighted by Crippen LogP contribution is -2.34. The van der Waals surface area contributed by atoms with Gasteiger partial charge in [0.1, 0.15) is 0 Å². The summed E-state index contributed by atoms with van der Waals surface area (Å²) in [5, 5.41) is 15.3. The van der Waals surface area contributed by atoms with E-state index in [2.05, 4.69) is 37.2 Å². The minimum absolute atomic E-state index is 0.0211. The Morgan fingerprint density at radius 2 is 2.00 bits per heavy atom. The number of nitrogens with one attached hydrogen (secondary N) is 1. The molecule has 0 spiro atoms. The van der Waals surface area contributed by atoms with Crippen LogP contribution in [0.2, 0.25) is 0 Å². The van der Waals surface area contributed by atoms with E-state index in [-0.39, 0.29) is 11.9 Å². The second-order valence-electron chi connectivity index (χ2n) is 6.71.